The van der Waals surface area contributed by atoms with Gasteiger partial charge in [0.05, 0.1) is 12.5 Å². The maximum absolute atomic E-state index is 12.8. The highest BCUT2D eigenvalue weighted by Crippen LogP contribution is 2.26. The van der Waals surface area contributed by atoms with E-state index in [-0.39, 0.29) is 24.8 Å². The van der Waals surface area contributed by atoms with Crippen molar-refractivity contribution in [2.75, 3.05) is 11.9 Å². The van der Waals surface area contributed by atoms with Crippen molar-refractivity contribution in [3.8, 4) is 6.07 Å². The molecule has 2 aromatic carbocycles. The summed E-state index contributed by atoms with van der Waals surface area (Å²) in [5, 5.41) is 19.9. The van der Waals surface area contributed by atoms with Gasteiger partial charge in [0.15, 0.2) is 0 Å². The second-order valence-electron chi connectivity index (χ2n) is 6.94. The van der Waals surface area contributed by atoms with Crippen molar-refractivity contribution in [2.45, 2.75) is 25.8 Å². The first-order chi connectivity index (χ1) is 15.0. The van der Waals surface area contributed by atoms with Crippen LogP contribution in [-0.4, -0.2) is 30.3 Å². The number of carbonyl (C=O) groups excluding carboxylic acids is 3. The van der Waals surface area contributed by atoms with Crippen LogP contribution in [0.2, 0.25) is 0 Å². The van der Waals surface area contributed by atoms with Crippen molar-refractivity contribution in [3.63, 3.8) is 0 Å². The highest BCUT2D eigenvalue weighted by atomic mass is 32.1. The lowest BCUT2D eigenvalue weighted by molar-refractivity contribution is -0.122. The minimum atomic E-state index is -0.792. The van der Waals surface area contributed by atoms with Gasteiger partial charge in [-0.2, -0.15) is 5.26 Å². The summed E-state index contributed by atoms with van der Waals surface area (Å²) in [4.78, 5) is 36.7. The fraction of sp³-hybridized carbons (Fsp3) is 0.217. The van der Waals surface area contributed by atoms with Crippen molar-refractivity contribution in [1.82, 2.24) is 10.6 Å². The molecule has 8 heteroatoms. The molecule has 158 valence electrons. The summed E-state index contributed by atoms with van der Waals surface area (Å²) in [5.74, 6) is -0.933. The molecule has 3 rings (SSSR count). The Labute approximate surface area is 184 Å². The number of hydrogen-bond acceptors (Lipinski definition) is 5. The van der Waals surface area contributed by atoms with Crippen molar-refractivity contribution < 1.29 is 14.4 Å². The maximum Gasteiger partial charge on any atom is 0.251 e. The van der Waals surface area contributed by atoms with Crippen LogP contribution in [0.3, 0.4) is 0 Å². The number of hydrogen-bond donors (Lipinski definition) is 3. The van der Waals surface area contributed by atoms with Crippen LogP contribution in [0.4, 0.5) is 5.69 Å². The first kappa shape index (κ1) is 22.0. The van der Waals surface area contributed by atoms with Gasteiger partial charge in [0.25, 0.3) is 5.91 Å². The van der Waals surface area contributed by atoms with Crippen LogP contribution in [0.5, 0.6) is 0 Å². The summed E-state index contributed by atoms with van der Waals surface area (Å²) in [5.41, 5.74) is 1.93. The molecule has 7 nitrogen and oxygen atoms in total. The second kappa shape index (κ2) is 10.4. The molecule has 3 aromatic rings. The monoisotopic (exact) mass is 434 g/mol. The van der Waals surface area contributed by atoms with Crippen LogP contribution in [0, 0.1) is 11.3 Å². The number of rotatable bonds is 8. The molecule has 0 fully saturated rings. The summed E-state index contributed by atoms with van der Waals surface area (Å²) >= 11 is 1.59. The van der Waals surface area contributed by atoms with E-state index in [0.29, 0.717) is 17.7 Å². The predicted octanol–water partition coefficient (Wildman–Crippen LogP) is 3.23. The lowest BCUT2D eigenvalue weighted by Gasteiger charge is -2.18. The average Bonchev–Trinajstić information content (AvgIpc) is 3.16. The van der Waals surface area contributed by atoms with Gasteiger partial charge in [-0.25, -0.2) is 0 Å². The molecular formula is C23H22N4O3S. The molecule has 0 bridgehead atoms. The van der Waals surface area contributed by atoms with Gasteiger partial charge in [-0.3, -0.25) is 14.4 Å². The number of anilines is 1. The number of nitrogens with zero attached hydrogens (tertiary/aromatic N) is 1. The first-order valence-corrected chi connectivity index (χ1v) is 10.6. The van der Waals surface area contributed by atoms with Crippen molar-refractivity contribution in [2.24, 2.45) is 0 Å². The lowest BCUT2D eigenvalue weighted by atomic mass is 10.0. The van der Waals surface area contributed by atoms with Gasteiger partial charge in [0.1, 0.15) is 6.04 Å². The van der Waals surface area contributed by atoms with Gasteiger partial charge < -0.3 is 16.0 Å². The van der Waals surface area contributed by atoms with Gasteiger partial charge >= 0.3 is 0 Å². The normalized spacial score (nSPS) is 11.4. The van der Waals surface area contributed by atoms with E-state index in [9.17, 15) is 14.4 Å². The van der Waals surface area contributed by atoms with E-state index in [1.807, 2.05) is 35.7 Å². The number of nitriles is 1. The minimum Gasteiger partial charge on any atom is -0.353 e. The van der Waals surface area contributed by atoms with Crippen LogP contribution >= 0.6 is 11.3 Å². The number of nitrogens with one attached hydrogen (secondary N) is 3. The molecule has 0 spiro atoms. The van der Waals surface area contributed by atoms with Gasteiger partial charge in [-0.05, 0) is 46.7 Å². The summed E-state index contributed by atoms with van der Waals surface area (Å²) in [7, 11) is 0. The lowest BCUT2D eigenvalue weighted by Crippen LogP contribution is -2.48. The van der Waals surface area contributed by atoms with E-state index in [0.717, 1.165) is 15.6 Å². The zero-order valence-electron chi connectivity index (χ0n) is 17.0. The fourth-order valence-electron chi connectivity index (χ4n) is 3.13. The Morgan fingerprint density at radius 2 is 1.84 bits per heavy atom. The smallest absolute Gasteiger partial charge is 0.251 e. The Hall–Kier alpha value is -3.70. The summed E-state index contributed by atoms with van der Waals surface area (Å²) < 4.78 is 1.11. The summed E-state index contributed by atoms with van der Waals surface area (Å²) in [6, 6.07) is 15.5. The number of benzene rings is 2. The highest BCUT2D eigenvalue weighted by Gasteiger charge is 2.23. The van der Waals surface area contributed by atoms with E-state index in [4.69, 9.17) is 5.26 Å². The molecule has 3 N–H and O–H groups in total. The molecule has 1 heterocycles. The Balaban J connectivity index is 1.77. The number of carbonyl (C=O) groups is 3. The second-order valence-corrected chi connectivity index (χ2v) is 7.86. The van der Waals surface area contributed by atoms with Crippen LogP contribution in [0.15, 0.2) is 53.9 Å². The molecule has 1 atom stereocenters. The molecule has 1 aromatic heterocycles. The molecule has 0 radical (unpaired) electrons. The molecule has 31 heavy (non-hydrogen) atoms. The van der Waals surface area contributed by atoms with Gasteiger partial charge in [0, 0.05) is 35.8 Å². The van der Waals surface area contributed by atoms with Gasteiger partial charge in [-0.1, -0.05) is 18.2 Å². The van der Waals surface area contributed by atoms with Gasteiger partial charge in [0.2, 0.25) is 11.8 Å². The molecule has 0 aliphatic carbocycles. The third-order valence-corrected chi connectivity index (χ3v) is 5.62. The minimum absolute atomic E-state index is 0.193. The van der Waals surface area contributed by atoms with E-state index in [2.05, 4.69) is 16.0 Å². The summed E-state index contributed by atoms with van der Waals surface area (Å²) in [6.07, 6.45) is 0.524. The topological polar surface area (TPSA) is 111 Å². The average molecular weight is 435 g/mol. The Morgan fingerprint density at radius 3 is 2.55 bits per heavy atom. The molecule has 1 unspecified atom stereocenters. The Kier molecular flexibility index (Phi) is 7.35. The zero-order chi connectivity index (χ0) is 22.2. The van der Waals surface area contributed by atoms with Crippen molar-refractivity contribution in [3.05, 3.63) is 65.0 Å². The van der Waals surface area contributed by atoms with E-state index in [1.54, 1.807) is 35.6 Å². The van der Waals surface area contributed by atoms with Crippen molar-refractivity contribution >= 4 is 44.8 Å². The molecule has 0 saturated heterocycles. The number of amides is 3. The van der Waals surface area contributed by atoms with Crippen molar-refractivity contribution in [1.29, 1.82) is 5.26 Å². The van der Waals surface area contributed by atoms with Crippen LogP contribution in [0.25, 0.3) is 10.1 Å². The standard InChI is InChI=1S/C23H22N4O3S/c1-15(28)26-18-9-7-16(8-10-18)22(29)27-20(23(30)25-12-4-11-24)13-17-14-31-21-6-3-2-5-19(17)21/h2-3,5-10,14,20H,4,12-13H2,1H3,(H,25,30)(H,26,28)(H,27,29). The summed E-state index contributed by atoms with van der Waals surface area (Å²) in [6.45, 7) is 1.63. The number of fused-ring (bicyclic) bond motifs is 1. The highest BCUT2D eigenvalue weighted by molar-refractivity contribution is 7.17. The van der Waals surface area contributed by atoms with Crippen LogP contribution < -0.4 is 16.0 Å². The van der Waals surface area contributed by atoms with E-state index < -0.39 is 11.9 Å². The van der Waals surface area contributed by atoms with E-state index >= 15 is 0 Å². The Morgan fingerprint density at radius 1 is 1.10 bits per heavy atom. The molecule has 0 aliphatic heterocycles. The third-order valence-electron chi connectivity index (χ3n) is 4.61. The van der Waals surface area contributed by atoms with Gasteiger partial charge in [-0.15, -0.1) is 11.3 Å². The van der Waals surface area contributed by atoms with Crippen LogP contribution in [-0.2, 0) is 16.0 Å². The SMILES string of the molecule is CC(=O)Nc1ccc(C(=O)NC(Cc2csc3ccccc23)C(=O)NCCC#N)cc1. The molecule has 0 saturated carbocycles. The molecular weight excluding hydrogens is 412 g/mol. The number of thiophene rings is 1. The van der Waals surface area contributed by atoms with E-state index in [1.165, 1.54) is 6.92 Å². The molecule has 0 aliphatic rings. The molecule has 3 amide bonds. The fourth-order valence-corrected chi connectivity index (χ4v) is 4.11. The third kappa shape index (κ3) is 5.90. The predicted molar refractivity (Wildman–Crippen MR) is 121 cm³/mol. The first-order valence-electron chi connectivity index (χ1n) is 9.76. The quantitative estimate of drug-likeness (QED) is 0.473. The largest absolute Gasteiger partial charge is 0.353 e. The zero-order valence-corrected chi connectivity index (χ0v) is 17.8. The Bertz CT molecular complexity index is 1130. The van der Waals surface area contributed by atoms with Crippen LogP contribution in [0.1, 0.15) is 29.3 Å². The maximum atomic E-state index is 12.8.